The topological polar surface area (TPSA) is 29.3 Å². The predicted octanol–water partition coefficient (Wildman–Crippen LogP) is 2.97. The van der Waals surface area contributed by atoms with Crippen LogP contribution in [-0.4, -0.2) is 29.0 Å². The van der Waals surface area contributed by atoms with Gasteiger partial charge >= 0.3 is 0 Å². The first-order valence-corrected chi connectivity index (χ1v) is 7.37. The zero-order valence-electron chi connectivity index (χ0n) is 9.45. The predicted molar refractivity (Wildman–Crippen MR) is 75.8 cm³/mol. The van der Waals surface area contributed by atoms with Crippen LogP contribution in [-0.2, 0) is 6.54 Å². The number of anilines is 1. The normalized spacial score (nSPS) is 22.2. The molecule has 0 radical (unpaired) electrons. The second-order valence-electron chi connectivity index (χ2n) is 4.27. The summed E-state index contributed by atoms with van der Waals surface area (Å²) in [6.07, 6.45) is 0. The Morgan fingerprint density at radius 3 is 3.06 bits per heavy atom. The van der Waals surface area contributed by atoms with Gasteiger partial charge in [0.1, 0.15) is 0 Å². The van der Waals surface area contributed by atoms with Crippen LogP contribution in [0.2, 0.25) is 0 Å². The summed E-state index contributed by atoms with van der Waals surface area (Å²) in [6, 6.07) is 6.22. The maximum absolute atomic E-state index is 5.78. The summed E-state index contributed by atoms with van der Waals surface area (Å²) in [5.41, 5.74) is 7.93. The number of benzene rings is 1. The summed E-state index contributed by atoms with van der Waals surface area (Å²) in [5, 5.41) is 0.756. The molecular formula is C12H17BrN2S. The summed E-state index contributed by atoms with van der Waals surface area (Å²) in [6.45, 7) is 5.71. The monoisotopic (exact) mass is 300 g/mol. The molecule has 0 bridgehead atoms. The standard InChI is InChI=1S/C12H17BrN2S/c1-9-7-15(4-5-16-9)8-10-2-3-12(14)11(13)6-10/h2-3,6,9H,4-5,7-8,14H2,1H3. The number of hydrogen-bond donors (Lipinski definition) is 1. The van der Waals surface area contributed by atoms with Crippen molar-refractivity contribution in [3.63, 3.8) is 0 Å². The Morgan fingerprint density at radius 2 is 2.38 bits per heavy atom. The van der Waals surface area contributed by atoms with Gasteiger partial charge in [0.25, 0.3) is 0 Å². The lowest BCUT2D eigenvalue weighted by molar-refractivity contribution is 0.278. The van der Waals surface area contributed by atoms with Crippen LogP contribution in [0.1, 0.15) is 12.5 Å². The van der Waals surface area contributed by atoms with Crippen LogP contribution in [0.4, 0.5) is 5.69 Å². The zero-order valence-corrected chi connectivity index (χ0v) is 11.9. The second-order valence-corrected chi connectivity index (χ2v) is 6.67. The third kappa shape index (κ3) is 3.15. The summed E-state index contributed by atoms with van der Waals surface area (Å²) < 4.78 is 1.00. The molecule has 0 aliphatic carbocycles. The van der Waals surface area contributed by atoms with E-state index in [9.17, 15) is 0 Å². The van der Waals surface area contributed by atoms with Gasteiger partial charge in [-0.2, -0.15) is 11.8 Å². The number of rotatable bonds is 2. The number of nitrogens with zero attached hydrogens (tertiary/aromatic N) is 1. The van der Waals surface area contributed by atoms with E-state index in [-0.39, 0.29) is 0 Å². The summed E-state index contributed by atoms with van der Waals surface area (Å²) >= 11 is 5.54. The lowest BCUT2D eigenvalue weighted by Gasteiger charge is -2.30. The van der Waals surface area contributed by atoms with Crippen LogP contribution in [0.5, 0.6) is 0 Å². The van der Waals surface area contributed by atoms with Gasteiger partial charge in [-0.15, -0.1) is 0 Å². The Kier molecular flexibility index (Phi) is 4.16. The number of nitrogen functional groups attached to an aromatic ring is 1. The van der Waals surface area contributed by atoms with Crippen molar-refractivity contribution in [2.75, 3.05) is 24.6 Å². The Morgan fingerprint density at radius 1 is 1.56 bits per heavy atom. The van der Waals surface area contributed by atoms with Crippen LogP contribution in [0.3, 0.4) is 0 Å². The number of halogens is 1. The average Bonchev–Trinajstić information content (AvgIpc) is 2.24. The maximum atomic E-state index is 5.78. The van der Waals surface area contributed by atoms with Gasteiger partial charge in [0.15, 0.2) is 0 Å². The summed E-state index contributed by atoms with van der Waals surface area (Å²) in [7, 11) is 0. The van der Waals surface area contributed by atoms with Crippen LogP contribution >= 0.6 is 27.7 Å². The molecule has 1 aromatic carbocycles. The molecular weight excluding hydrogens is 284 g/mol. The lowest BCUT2D eigenvalue weighted by atomic mass is 10.2. The van der Waals surface area contributed by atoms with Crippen molar-refractivity contribution in [3.8, 4) is 0 Å². The largest absolute Gasteiger partial charge is 0.398 e. The fourth-order valence-corrected chi connectivity index (χ4v) is 3.47. The van der Waals surface area contributed by atoms with Crippen molar-refractivity contribution in [3.05, 3.63) is 28.2 Å². The maximum Gasteiger partial charge on any atom is 0.0458 e. The van der Waals surface area contributed by atoms with Crippen molar-refractivity contribution in [1.82, 2.24) is 4.90 Å². The van der Waals surface area contributed by atoms with Crippen LogP contribution in [0, 0.1) is 0 Å². The molecule has 16 heavy (non-hydrogen) atoms. The molecule has 2 nitrogen and oxygen atoms in total. The highest BCUT2D eigenvalue weighted by atomic mass is 79.9. The third-order valence-electron chi connectivity index (χ3n) is 2.80. The summed E-state index contributed by atoms with van der Waals surface area (Å²) in [5.74, 6) is 1.25. The van der Waals surface area contributed by atoms with E-state index in [4.69, 9.17) is 5.73 Å². The molecule has 0 saturated carbocycles. The number of nitrogens with two attached hydrogens (primary N) is 1. The van der Waals surface area contributed by atoms with E-state index < -0.39 is 0 Å². The minimum Gasteiger partial charge on any atom is -0.398 e. The van der Waals surface area contributed by atoms with Crippen LogP contribution in [0.15, 0.2) is 22.7 Å². The van der Waals surface area contributed by atoms with Crippen molar-refractivity contribution < 1.29 is 0 Å². The van der Waals surface area contributed by atoms with E-state index >= 15 is 0 Å². The van der Waals surface area contributed by atoms with E-state index in [0.29, 0.717) is 0 Å². The minimum absolute atomic E-state index is 0.756. The fourth-order valence-electron chi connectivity index (χ4n) is 1.96. The molecule has 0 aromatic heterocycles. The second kappa shape index (κ2) is 5.43. The molecule has 1 saturated heterocycles. The highest BCUT2D eigenvalue weighted by Crippen LogP contribution is 2.23. The van der Waals surface area contributed by atoms with Crippen LogP contribution < -0.4 is 5.73 Å². The quantitative estimate of drug-likeness (QED) is 0.852. The van der Waals surface area contributed by atoms with Crippen molar-refractivity contribution >= 4 is 33.4 Å². The lowest BCUT2D eigenvalue weighted by Crippen LogP contribution is -2.36. The number of thioether (sulfide) groups is 1. The Bertz CT molecular complexity index is 370. The SMILES string of the molecule is CC1CN(Cc2ccc(N)c(Br)c2)CCS1. The van der Waals surface area contributed by atoms with Crippen molar-refractivity contribution in [1.29, 1.82) is 0 Å². The molecule has 1 fully saturated rings. The highest BCUT2D eigenvalue weighted by Gasteiger charge is 2.16. The van der Waals surface area contributed by atoms with Gasteiger partial charge in [0.05, 0.1) is 0 Å². The van der Waals surface area contributed by atoms with Crippen LogP contribution in [0.25, 0.3) is 0 Å². The molecule has 4 heteroatoms. The molecule has 0 spiro atoms. The molecule has 1 aliphatic rings. The van der Waals surface area contributed by atoms with Crippen molar-refractivity contribution in [2.45, 2.75) is 18.7 Å². The molecule has 2 rings (SSSR count). The Labute approximate surface area is 110 Å². The van der Waals surface area contributed by atoms with Crippen molar-refractivity contribution in [2.24, 2.45) is 0 Å². The summed E-state index contributed by atoms with van der Waals surface area (Å²) in [4.78, 5) is 2.51. The molecule has 1 heterocycles. The van der Waals surface area contributed by atoms with E-state index in [2.05, 4.69) is 51.6 Å². The highest BCUT2D eigenvalue weighted by molar-refractivity contribution is 9.10. The van der Waals surface area contributed by atoms with Gasteiger partial charge in [-0.25, -0.2) is 0 Å². The number of hydrogen-bond acceptors (Lipinski definition) is 3. The first-order chi connectivity index (χ1) is 7.65. The first kappa shape index (κ1) is 12.3. The van der Waals surface area contributed by atoms with Gasteiger partial charge in [-0.3, -0.25) is 4.90 Å². The Hall–Kier alpha value is -0.190. The van der Waals surface area contributed by atoms with E-state index in [0.717, 1.165) is 22.0 Å². The minimum atomic E-state index is 0.756. The molecule has 1 atom stereocenters. The molecule has 0 amide bonds. The van der Waals surface area contributed by atoms with E-state index in [1.165, 1.54) is 24.4 Å². The van der Waals surface area contributed by atoms with E-state index in [1.54, 1.807) is 0 Å². The third-order valence-corrected chi connectivity index (χ3v) is 4.62. The smallest absolute Gasteiger partial charge is 0.0458 e. The van der Waals surface area contributed by atoms with Gasteiger partial charge < -0.3 is 5.73 Å². The van der Waals surface area contributed by atoms with Gasteiger partial charge in [-0.1, -0.05) is 13.0 Å². The first-order valence-electron chi connectivity index (χ1n) is 5.53. The molecule has 1 aromatic rings. The zero-order chi connectivity index (χ0) is 11.5. The fraction of sp³-hybridized carbons (Fsp3) is 0.500. The molecule has 88 valence electrons. The van der Waals surface area contributed by atoms with E-state index in [1.807, 2.05) is 6.07 Å². The van der Waals surface area contributed by atoms with Gasteiger partial charge in [0.2, 0.25) is 0 Å². The average molecular weight is 301 g/mol. The molecule has 1 unspecified atom stereocenters. The Balaban J connectivity index is 2.00. The van der Waals surface area contributed by atoms with Gasteiger partial charge in [0, 0.05) is 40.8 Å². The molecule has 1 aliphatic heterocycles. The molecule has 2 N–H and O–H groups in total. The van der Waals surface area contributed by atoms with Gasteiger partial charge in [-0.05, 0) is 33.6 Å².